The fourth-order valence-electron chi connectivity index (χ4n) is 5.00. The van der Waals surface area contributed by atoms with E-state index in [1.165, 1.54) is 32.4 Å². The Balaban J connectivity index is 1.42. The van der Waals surface area contributed by atoms with Gasteiger partial charge in [0, 0.05) is 39.3 Å². The molecule has 1 N–H and O–H groups in total. The van der Waals surface area contributed by atoms with Crippen LogP contribution in [0.15, 0.2) is 24.3 Å². The molecule has 5 heteroatoms. The number of likely N-dealkylation sites (tertiary alicyclic amines) is 1. The second kappa shape index (κ2) is 6.87. The van der Waals surface area contributed by atoms with E-state index in [9.17, 15) is 4.79 Å². The van der Waals surface area contributed by atoms with Crippen LogP contribution in [0.1, 0.15) is 26.2 Å². The Morgan fingerprint density at radius 3 is 2.92 bits per heavy atom. The minimum Gasteiger partial charge on any atom is -0.373 e. The number of rotatable bonds is 3. The molecule has 25 heavy (non-hydrogen) atoms. The largest absolute Gasteiger partial charge is 0.373 e. The molecule has 0 aromatic heterocycles. The molecule has 3 heterocycles. The molecule has 0 bridgehead atoms. The van der Waals surface area contributed by atoms with Crippen LogP contribution in [0.2, 0.25) is 0 Å². The Bertz CT molecular complexity index is 634. The van der Waals surface area contributed by atoms with Crippen molar-refractivity contribution >= 4 is 17.4 Å². The van der Waals surface area contributed by atoms with Gasteiger partial charge in [0.15, 0.2) is 0 Å². The van der Waals surface area contributed by atoms with Crippen molar-refractivity contribution in [2.45, 2.75) is 32.2 Å². The molecule has 5 nitrogen and oxygen atoms in total. The Morgan fingerprint density at radius 1 is 1.24 bits per heavy atom. The fraction of sp³-hybridized carbons (Fsp3) is 0.650. The number of hydrogen-bond donors (Lipinski definition) is 1. The van der Waals surface area contributed by atoms with Gasteiger partial charge in [-0.25, -0.2) is 4.79 Å². The van der Waals surface area contributed by atoms with Crippen molar-refractivity contribution in [3.63, 3.8) is 0 Å². The van der Waals surface area contributed by atoms with Crippen molar-refractivity contribution in [3.8, 4) is 0 Å². The summed E-state index contributed by atoms with van der Waals surface area (Å²) in [5.74, 6) is 1.35. The molecule has 1 aromatic rings. The molecular weight excluding hydrogens is 312 g/mol. The standard InChI is InChI=1S/C20H30N4O/c1-3-22(2)19-10-5-4-8-17(19)21-20(25)24-13-15-12-23-11-7-6-9-18(23)16(15)14-24/h4-5,8,10,15-16,18H,3,6-7,9,11-14H2,1-2H3,(H,21,25)/t15-,16-,18-/m0/s1. The third-order valence-electron chi connectivity index (χ3n) is 6.44. The van der Waals surface area contributed by atoms with E-state index in [0.717, 1.165) is 37.1 Å². The summed E-state index contributed by atoms with van der Waals surface area (Å²) >= 11 is 0. The summed E-state index contributed by atoms with van der Waals surface area (Å²) < 4.78 is 0. The van der Waals surface area contributed by atoms with E-state index in [-0.39, 0.29) is 6.03 Å². The van der Waals surface area contributed by atoms with E-state index in [1.807, 2.05) is 23.1 Å². The summed E-state index contributed by atoms with van der Waals surface area (Å²) in [5.41, 5.74) is 1.99. The van der Waals surface area contributed by atoms with E-state index in [2.05, 4.69) is 35.2 Å². The molecule has 0 radical (unpaired) electrons. The third-order valence-corrected chi connectivity index (χ3v) is 6.44. The van der Waals surface area contributed by atoms with Crippen molar-refractivity contribution in [2.75, 3.05) is 50.0 Å². The van der Waals surface area contributed by atoms with Crippen LogP contribution in [0.5, 0.6) is 0 Å². The summed E-state index contributed by atoms with van der Waals surface area (Å²) in [7, 11) is 2.06. The first-order chi connectivity index (χ1) is 12.2. The third kappa shape index (κ3) is 3.10. The molecule has 1 aromatic carbocycles. The lowest BCUT2D eigenvalue weighted by Crippen LogP contribution is -2.42. The van der Waals surface area contributed by atoms with E-state index in [4.69, 9.17) is 0 Å². The van der Waals surface area contributed by atoms with Crippen LogP contribution < -0.4 is 10.2 Å². The molecule has 4 rings (SSSR count). The molecule has 3 aliphatic heterocycles. The molecule has 136 valence electrons. The lowest BCUT2D eigenvalue weighted by Gasteiger charge is -2.33. The Labute approximate surface area is 151 Å². The van der Waals surface area contributed by atoms with Gasteiger partial charge in [0.2, 0.25) is 0 Å². The number of fused-ring (bicyclic) bond motifs is 3. The number of amides is 2. The average molecular weight is 342 g/mol. The lowest BCUT2D eigenvalue weighted by atomic mass is 9.90. The van der Waals surface area contributed by atoms with Crippen LogP contribution in [0, 0.1) is 11.8 Å². The molecule has 2 amide bonds. The van der Waals surface area contributed by atoms with Crippen molar-refractivity contribution in [1.29, 1.82) is 0 Å². The molecule has 0 saturated carbocycles. The minimum atomic E-state index is 0.0636. The van der Waals surface area contributed by atoms with Gasteiger partial charge in [-0.05, 0) is 50.3 Å². The molecule has 3 fully saturated rings. The van der Waals surface area contributed by atoms with Gasteiger partial charge in [-0.3, -0.25) is 4.90 Å². The summed E-state index contributed by atoms with van der Waals surface area (Å²) in [6.45, 7) is 7.32. The smallest absolute Gasteiger partial charge is 0.321 e. The Kier molecular flexibility index (Phi) is 4.59. The zero-order valence-corrected chi connectivity index (χ0v) is 15.4. The molecule has 3 saturated heterocycles. The van der Waals surface area contributed by atoms with Crippen LogP contribution in [0.25, 0.3) is 0 Å². The number of para-hydroxylation sites is 2. The van der Waals surface area contributed by atoms with Crippen LogP contribution >= 0.6 is 0 Å². The first kappa shape index (κ1) is 16.7. The van der Waals surface area contributed by atoms with Gasteiger partial charge in [0.05, 0.1) is 11.4 Å². The Hall–Kier alpha value is -1.75. The summed E-state index contributed by atoms with van der Waals surface area (Å²) in [6, 6.07) is 8.86. The molecule has 3 aliphatic rings. The number of carbonyl (C=O) groups is 1. The zero-order valence-electron chi connectivity index (χ0n) is 15.4. The van der Waals surface area contributed by atoms with Gasteiger partial charge < -0.3 is 15.1 Å². The van der Waals surface area contributed by atoms with Gasteiger partial charge in [-0.1, -0.05) is 18.6 Å². The zero-order chi connectivity index (χ0) is 17.4. The quantitative estimate of drug-likeness (QED) is 0.917. The van der Waals surface area contributed by atoms with Crippen LogP contribution in [0.4, 0.5) is 16.2 Å². The maximum Gasteiger partial charge on any atom is 0.321 e. The van der Waals surface area contributed by atoms with Gasteiger partial charge in [0.25, 0.3) is 0 Å². The minimum absolute atomic E-state index is 0.0636. The maximum absolute atomic E-state index is 12.9. The molecule has 3 atom stereocenters. The molecule has 0 aliphatic carbocycles. The van der Waals surface area contributed by atoms with Gasteiger partial charge in [-0.15, -0.1) is 0 Å². The number of anilines is 2. The highest BCUT2D eigenvalue weighted by Crippen LogP contribution is 2.40. The maximum atomic E-state index is 12.9. The summed E-state index contributed by atoms with van der Waals surface area (Å²) in [5, 5.41) is 3.16. The average Bonchev–Trinajstić information content (AvgIpc) is 3.19. The highest BCUT2D eigenvalue weighted by atomic mass is 16.2. The number of hydrogen-bond acceptors (Lipinski definition) is 3. The second-order valence-corrected chi connectivity index (χ2v) is 7.85. The monoisotopic (exact) mass is 342 g/mol. The lowest BCUT2D eigenvalue weighted by molar-refractivity contribution is 0.157. The highest BCUT2D eigenvalue weighted by molar-refractivity contribution is 5.93. The van der Waals surface area contributed by atoms with Gasteiger partial charge in [-0.2, -0.15) is 0 Å². The van der Waals surface area contributed by atoms with E-state index >= 15 is 0 Å². The van der Waals surface area contributed by atoms with Gasteiger partial charge in [0.1, 0.15) is 0 Å². The van der Waals surface area contributed by atoms with Gasteiger partial charge >= 0.3 is 6.03 Å². The number of nitrogens with one attached hydrogen (secondary N) is 1. The van der Waals surface area contributed by atoms with Crippen LogP contribution in [-0.4, -0.2) is 61.6 Å². The second-order valence-electron chi connectivity index (χ2n) is 7.85. The van der Waals surface area contributed by atoms with E-state index in [1.54, 1.807) is 0 Å². The molecule has 0 spiro atoms. The predicted molar refractivity (Wildman–Crippen MR) is 102 cm³/mol. The first-order valence-electron chi connectivity index (χ1n) is 9.77. The number of carbonyl (C=O) groups excluding carboxylic acids is 1. The highest BCUT2D eigenvalue weighted by Gasteiger charge is 2.48. The summed E-state index contributed by atoms with van der Waals surface area (Å²) in [6.07, 6.45) is 4.02. The molecular formula is C20H30N4O. The van der Waals surface area contributed by atoms with E-state index in [0.29, 0.717) is 11.8 Å². The fourth-order valence-corrected chi connectivity index (χ4v) is 5.00. The van der Waals surface area contributed by atoms with Crippen LogP contribution in [0.3, 0.4) is 0 Å². The SMILES string of the molecule is CCN(C)c1ccccc1NC(=O)N1C[C@@H]2CN3CCCC[C@H]3[C@H]2C1. The van der Waals surface area contributed by atoms with Crippen molar-refractivity contribution in [3.05, 3.63) is 24.3 Å². The Morgan fingerprint density at radius 2 is 2.08 bits per heavy atom. The number of piperidine rings is 1. The van der Waals surface area contributed by atoms with Crippen molar-refractivity contribution in [1.82, 2.24) is 9.80 Å². The molecule has 0 unspecified atom stereocenters. The number of benzene rings is 1. The normalized spacial score (nSPS) is 28.6. The summed E-state index contributed by atoms with van der Waals surface area (Å²) in [4.78, 5) is 19.7. The van der Waals surface area contributed by atoms with Crippen LogP contribution in [-0.2, 0) is 0 Å². The predicted octanol–water partition coefficient (Wildman–Crippen LogP) is 3.09. The first-order valence-corrected chi connectivity index (χ1v) is 9.77. The van der Waals surface area contributed by atoms with Crippen molar-refractivity contribution in [2.24, 2.45) is 11.8 Å². The number of nitrogens with zero attached hydrogens (tertiary/aromatic N) is 3. The van der Waals surface area contributed by atoms with Crippen molar-refractivity contribution < 1.29 is 4.79 Å². The topological polar surface area (TPSA) is 38.8 Å². The van der Waals surface area contributed by atoms with E-state index < -0.39 is 0 Å². The number of urea groups is 1.